The second-order valence-electron chi connectivity index (χ2n) is 9.36. The van der Waals surface area contributed by atoms with Gasteiger partial charge in [0.05, 0.1) is 22.5 Å². The molecule has 6 rings (SSSR count). The molecule has 47 heavy (non-hydrogen) atoms. The van der Waals surface area contributed by atoms with Gasteiger partial charge in [-0.2, -0.15) is 15.0 Å². The van der Waals surface area contributed by atoms with Gasteiger partial charge in [0, 0.05) is 29.2 Å². The first kappa shape index (κ1) is 33.2. The van der Waals surface area contributed by atoms with Gasteiger partial charge in [-0.25, -0.2) is 0 Å². The first-order valence-electron chi connectivity index (χ1n) is 13.6. The second-order valence-corrected chi connectivity index (χ2v) is 9.36. The van der Waals surface area contributed by atoms with Crippen molar-refractivity contribution in [3.63, 3.8) is 0 Å². The summed E-state index contributed by atoms with van der Waals surface area (Å²) in [5, 5.41) is 57.5. The van der Waals surface area contributed by atoms with Gasteiger partial charge in [0.1, 0.15) is 28.9 Å². The summed E-state index contributed by atoms with van der Waals surface area (Å²) in [5.41, 5.74) is 2.39. The number of phenolic OH excluding ortho intramolecular Hbond substituents is 2. The van der Waals surface area contributed by atoms with Crippen LogP contribution in [0.2, 0.25) is 0 Å². The fraction of sp³-hybridized carbons (Fsp3) is 0. The van der Waals surface area contributed by atoms with Crippen LogP contribution in [0.15, 0.2) is 119 Å². The van der Waals surface area contributed by atoms with Gasteiger partial charge in [0.15, 0.2) is 5.69 Å². The van der Waals surface area contributed by atoms with Crippen LogP contribution >= 0.6 is 0 Å². The Morgan fingerprint density at radius 1 is 0.638 bits per heavy atom. The Morgan fingerprint density at radius 2 is 1.06 bits per heavy atom. The fourth-order valence-electron chi connectivity index (χ4n) is 4.14. The quantitative estimate of drug-likeness (QED) is 0.116. The normalized spacial score (nSPS) is 10.5. The minimum Gasteiger partial charge on any atom is -0.506 e. The van der Waals surface area contributed by atoms with Crippen molar-refractivity contribution in [3.8, 4) is 40.7 Å². The maximum Gasteiger partial charge on any atom is 0.308 e. The molecule has 12 nitrogen and oxygen atoms in total. The van der Waals surface area contributed by atoms with E-state index in [0.717, 1.165) is 0 Å². The fourth-order valence-corrected chi connectivity index (χ4v) is 4.14. The Kier molecular flexibility index (Phi) is 10.9. The van der Waals surface area contributed by atoms with Gasteiger partial charge in [0.25, 0.3) is 0 Å². The molecule has 0 fully saturated rings. The molecule has 0 spiro atoms. The minimum absolute atomic E-state index is 0. The zero-order chi connectivity index (χ0) is 32.5. The molecule has 0 saturated carbocycles. The minimum atomic E-state index is -0.188. The summed E-state index contributed by atoms with van der Waals surface area (Å²) in [6.45, 7) is 7.21. The van der Waals surface area contributed by atoms with Crippen LogP contribution in [0.5, 0.6) is 23.3 Å². The molecule has 0 bridgehead atoms. The SMILES string of the molecule is N#Cc1nn(-c2ccccc2)c(O)c1C=Nc1ccccc1O.[C-]#[N+]c1nn(-c2ccccc2)c(O)c1C=Nc1ccccc1O.[Co]. The van der Waals surface area contributed by atoms with Crippen molar-refractivity contribution in [3.05, 3.63) is 137 Å². The third-order valence-electron chi connectivity index (χ3n) is 6.42. The van der Waals surface area contributed by atoms with E-state index < -0.39 is 0 Å². The van der Waals surface area contributed by atoms with Crippen molar-refractivity contribution in [2.45, 2.75) is 0 Å². The van der Waals surface area contributed by atoms with E-state index in [0.29, 0.717) is 22.7 Å². The predicted octanol–water partition coefficient (Wildman–Crippen LogP) is 6.49. The summed E-state index contributed by atoms with van der Waals surface area (Å²) < 4.78 is 2.55. The molecule has 0 atom stereocenters. The number of benzene rings is 4. The molecule has 2 aromatic heterocycles. The van der Waals surface area contributed by atoms with E-state index in [1.165, 1.54) is 33.9 Å². The molecule has 6 aromatic rings. The number of nitriles is 1. The molecular formula is C34H24CoN8O4. The van der Waals surface area contributed by atoms with E-state index >= 15 is 0 Å². The molecule has 0 aliphatic rings. The van der Waals surface area contributed by atoms with E-state index in [4.69, 9.17) is 6.57 Å². The van der Waals surface area contributed by atoms with Crippen LogP contribution in [0.4, 0.5) is 17.2 Å². The monoisotopic (exact) mass is 667 g/mol. The molecule has 0 aliphatic heterocycles. The largest absolute Gasteiger partial charge is 0.506 e. The van der Waals surface area contributed by atoms with Crippen LogP contribution in [0, 0.1) is 17.9 Å². The van der Waals surface area contributed by atoms with Gasteiger partial charge in [0.2, 0.25) is 11.8 Å². The molecule has 13 heteroatoms. The van der Waals surface area contributed by atoms with Crippen LogP contribution in [-0.4, -0.2) is 52.4 Å². The number of nitrogens with zero attached hydrogens (tertiary/aromatic N) is 8. The summed E-state index contributed by atoms with van der Waals surface area (Å²) in [4.78, 5) is 11.6. The molecule has 4 N–H and O–H groups in total. The van der Waals surface area contributed by atoms with Gasteiger partial charge in [-0.15, -0.1) is 4.68 Å². The smallest absolute Gasteiger partial charge is 0.308 e. The molecule has 0 saturated heterocycles. The molecular weight excluding hydrogens is 643 g/mol. The number of para-hydroxylation sites is 6. The molecule has 2 heterocycles. The maximum atomic E-state index is 10.3. The third kappa shape index (κ3) is 7.53. The Labute approximate surface area is 279 Å². The number of hydrogen-bond donors (Lipinski definition) is 4. The Balaban J connectivity index is 0.000000208. The van der Waals surface area contributed by atoms with Crippen molar-refractivity contribution in [2.24, 2.45) is 9.98 Å². The summed E-state index contributed by atoms with van der Waals surface area (Å²) in [5.74, 6) is -0.306. The average molecular weight is 668 g/mol. The summed E-state index contributed by atoms with van der Waals surface area (Å²) in [6, 6.07) is 33.0. The predicted molar refractivity (Wildman–Crippen MR) is 172 cm³/mol. The topological polar surface area (TPSA) is 169 Å². The van der Waals surface area contributed by atoms with E-state index in [1.54, 1.807) is 72.8 Å². The molecule has 0 aliphatic carbocycles. The van der Waals surface area contributed by atoms with E-state index in [-0.39, 0.29) is 62.7 Å². The van der Waals surface area contributed by atoms with Crippen molar-refractivity contribution in [2.75, 3.05) is 0 Å². The summed E-state index contributed by atoms with van der Waals surface area (Å²) in [6.07, 6.45) is 2.64. The standard InChI is InChI=1S/2C17H12N4O2.Co/c1-18-16-13(11-19-14-9-5-6-10-15(14)22)17(23)21(20-16)12-7-3-2-4-8-12;18-10-15-13(11-19-14-8-4-5-9-16(14)22)17(23)21(20-15)12-6-2-1-3-7-12;/h2-11,22-23H;1-9,11,22-23H;. The van der Waals surface area contributed by atoms with Crippen molar-refractivity contribution in [1.82, 2.24) is 19.6 Å². The molecule has 0 amide bonds. The van der Waals surface area contributed by atoms with Crippen LogP contribution < -0.4 is 0 Å². The number of aliphatic imine (C=N–C) groups is 2. The molecule has 4 aromatic carbocycles. The van der Waals surface area contributed by atoms with Crippen molar-refractivity contribution < 1.29 is 37.2 Å². The summed E-state index contributed by atoms with van der Waals surface area (Å²) in [7, 11) is 0. The Bertz CT molecular complexity index is 1980. The number of hydrogen-bond acceptors (Lipinski definition) is 9. The van der Waals surface area contributed by atoms with Gasteiger partial charge in [-0.1, -0.05) is 67.2 Å². The third-order valence-corrected chi connectivity index (χ3v) is 6.42. The second kappa shape index (κ2) is 15.4. The number of aromatic hydroxyl groups is 4. The van der Waals surface area contributed by atoms with Gasteiger partial charge >= 0.3 is 5.82 Å². The molecule has 233 valence electrons. The zero-order valence-electron chi connectivity index (χ0n) is 24.2. The van der Waals surface area contributed by atoms with Gasteiger partial charge in [-0.3, -0.25) is 9.98 Å². The molecule has 0 unspecified atom stereocenters. The maximum absolute atomic E-state index is 10.3. The van der Waals surface area contributed by atoms with Crippen molar-refractivity contribution in [1.29, 1.82) is 5.26 Å². The molecule has 1 radical (unpaired) electrons. The zero-order valence-corrected chi connectivity index (χ0v) is 25.3. The van der Waals surface area contributed by atoms with Crippen LogP contribution in [0.25, 0.3) is 16.2 Å². The average Bonchev–Trinajstić information content (AvgIpc) is 3.59. The van der Waals surface area contributed by atoms with E-state index in [1.807, 2.05) is 30.3 Å². The Hall–Kier alpha value is -6.67. The van der Waals surface area contributed by atoms with Crippen LogP contribution in [0.1, 0.15) is 16.8 Å². The number of phenols is 2. The van der Waals surface area contributed by atoms with Crippen molar-refractivity contribution >= 4 is 29.6 Å². The Morgan fingerprint density at radius 3 is 1.53 bits per heavy atom. The van der Waals surface area contributed by atoms with Crippen LogP contribution in [0.3, 0.4) is 0 Å². The van der Waals surface area contributed by atoms with E-state index in [9.17, 15) is 25.7 Å². The number of rotatable bonds is 6. The van der Waals surface area contributed by atoms with Gasteiger partial charge < -0.3 is 25.3 Å². The van der Waals surface area contributed by atoms with Crippen LogP contribution in [-0.2, 0) is 16.8 Å². The van der Waals surface area contributed by atoms with Gasteiger partial charge in [-0.05, 0) is 53.6 Å². The first-order chi connectivity index (χ1) is 22.4. The first-order valence-corrected chi connectivity index (χ1v) is 13.6. The number of aromatic nitrogens is 4. The van der Waals surface area contributed by atoms with E-state index in [2.05, 4.69) is 25.0 Å². The summed E-state index contributed by atoms with van der Waals surface area (Å²) >= 11 is 0.